The van der Waals surface area contributed by atoms with Gasteiger partial charge in [-0.3, -0.25) is 14.4 Å². The quantitative estimate of drug-likeness (QED) is 0.829. The van der Waals surface area contributed by atoms with E-state index < -0.39 is 29.7 Å². The van der Waals surface area contributed by atoms with Crippen molar-refractivity contribution in [2.45, 2.75) is 19.6 Å². The molecular formula is C13H12F3N3O3. The van der Waals surface area contributed by atoms with Crippen LogP contribution in [0.5, 0.6) is 0 Å². The monoisotopic (exact) mass is 315 g/mol. The summed E-state index contributed by atoms with van der Waals surface area (Å²) in [7, 11) is 0. The van der Waals surface area contributed by atoms with Gasteiger partial charge in [-0.15, -0.1) is 0 Å². The second-order valence-electron chi connectivity index (χ2n) is 4.53. The van der Waals surface area contributed by atoms with E-state index in [1.54, 1.807) is 12.2 Å². The molecule has 1 aromatic carbocycles. The molecule has 2 N–H and O–H groups in total. The smallest absolute Gasteiger partial charge is 0.343 e. The van der Waals surface area contributed by atoms with Gasteiger partial charge in [0.2, 0.25) is 0 Å². The maximum Gasteiger partial charge on any atom is 0.405 e. The molecule has 2 aromatic rings. The highest BCUT2D eigenvalue weighted by molar-refractivity contribution is 5.97. The summed E-state index contributed by atoms with van der Waals surface area (Å²) >= 11 is 0. The van der Waals surface area contributed by atoms with Gasteiger partial charge in [0.15, 0.2) is 0 Å². The summed E-state index contributed by atoms with van der Waals surface area (Å²) in [6.07, 6.45) is -4.51. The largest absolute Gasteiger partial charge is 0.405 e. The summed E-state index contributed by atoms with van der Waals surface area (Å²) in [6, 6.07) is 3.92. The van der Waals surface area contributed by atoms with Crippen LogP contribution in [0.3, 0.4) is 0 Å². The summed E-state index contributed by atoms with van der Waals surface area (Å²) in [5, 5.41) is 1.73. The summed E-state index contributed by atoms with van der Waals surface area (Å²) in [5.74, 6) is -0.922. The normalized spacial score (nSPS) is 11.6. The number of carbonyl (C=O) groups is 1. The molecule has 6 nitrogen and oxygen atoms in total. The lowest BCUT2D eigenvalue weighted by Gasteiger charge is -2.10. The topological polar surface area (TPSA) is 84.0 Å². The zero-order valence-electron chi connectivity index (χ0n) is 11.5. The first-order valence-electron chi connectivity index (χ1n) is 6.35. The fraction of sp³-hybridized carbons (Fsp3) is 0.308. The van der Waals surface area contributed by atoms with E-state index >= 15 is 0 Å². The molecule has 0 radical (unpaired) electrons. The fourth-order valence-electron chi connectivity index (χ4n) is 2.02. The Morgan fingerprint density at radius 3 is 2.59 bits per heavy atom. The molecule has 0 aliphatic rings. The van der Waals surface area contributed by atoms with Crippen molar-refractivity contribution in [3.8, 4) is 0 Å². The Balaban J connectivity index is 2.43. The van der Waals surface area contributed by atoms with Gasteiger partial charge in [0, 0.05) is 12.1 Å². The third-order valence-corrected chi connectivity index (χ3v) is 3.00. The van der Waals surface area contributed by atoms with Crippen molar-refractivity contribution in [1.29, 1.82) is 0 Å². The Morgan fingerprint density at radius 2 is 2.00 bits per heavy atom. The standard InChI is InChI=1S/C13H12F3N3O3/c1-2-19-9-4-3-7(10(20)17-6-13(14,15)16)5-8(9)18-11(21)12(19)22/h3-5H,2,6H2,1H3,(H,17,20)(H,18,21). The molecule has 0 saturated carbocycles. The van der Waals surface area contributed by atoms with Gasteiger partial charge in [-0.2, -0.15) is 13.2 Å². The molecule has 0 aliphatic heterocycles. The Hall–Kier alpha value is -2.58. The Kier molecular flexibility index (Phi) is 4.07. The van der Waals surface area contributed by atoms with Crippen molar-refractivity contribution in [2.24, 2.45) is 0 Å². The van der Waals surface area contributed by atoms with Gasteiger partial charge in [0.05, 0.1) is 11.0 Å². The van der Waals surface area contributed by atoms with Crippen LogP contribution in [-0.2, 0) is 6.54 Å². The maximum absolute atomic E-state index is 12.1. The molecule has 0 fully saturated rings. The Labute approximate surface area is 121 Å². The zero-order valence-corrected chi connectivity index (χ0v) is 11.5. The molecule has 1 aromatic heterocycles. The molecule has 118 valence electrons. The molecule has 0 aliphatic carbocycles. The molecule has 0 spiro atoms. The molecule has 2 rings (SSSR count). The van der Waals surface area contributed by atoms with Gasteiger partial charge in [-0.1, -0.05) is 0 Å². The van der Waals surface area contributed by atoms with E-state index in [0.29, 0.717) is 5.52 Å². The van der Waals surface area contributed by atoms with Gasteiger partial charge in [0.1, 0.15) is 6.54 Å². The van der Waals surface area contributed by atoms with Crippen LogP contribution in [0.15, 0.2) is 27.8 Å². The number of rotatable bonds is 3. The number of nitrogens with zero attached hydrogens (tertiary/aromatic N) is 1. The highest BCUT2D eigenvalue weighted by Crippen LogP contribution is 2.14. The van der Waals surface area contributed by atoms with Gasteiger partial charge < -0.3 is 14.9 Å². The van der Waals surface area contributed by atoms with E-state index in [9.17, 15) is 27.6 Å². The van der Waals surface area contributed by atoms with Crippen LogP contribution in [0.2, 0.25) is 0 Å². The van der Waals surface area contributed by atoms with Crippen LogP contribution in [0.4, 0.5) is 13.2 Å². The van der Waals surface area contributed by atoms with E-state index in [1.165, 1.54) is 22.8 Å². The van der Waals surface area contributed by atoms with E-state index in [0.717, 1.165) is 0 Å². The van der Waals surface area contributed by atoms with Crippen molar-refractivity contribution in [3.63, 3.8) is 0 Å². The van der Waals surface area contributed by atoms with Crippen LogP contribution in [0, 0.1) is 0 Å². The third-order valence-electron chi connectivity index (χ3n) is 3.00. The average Bonchev–Trinajstić information content (AvgIpc) is 2.45. The van der Waals surface area contributed by atoms with Gasteiger partial charge in [-0.25, -0.2) is 0 Å². The van der Waals surface area contributed by atoms with Crippen LogP contribution < -0.4 is 16.4 Å². The number of halogens is 3. The molecule has 1 heterocycles. The number of hydrogen-bond donors (Lipinski definition) is 2. The number of H-pyrrole nitrogens is 1. The summed E-state index contributed by atoms with van der Waals surface area (Å²) in [5.41, 5.74) is -1.05. The second kappa shape index (κ2) is 5.66. The second-order valence-corrected chi connectivity index (χ2v) is 4.53. The van der Waals surface area contributed by atoms with Gasteiger partial charge in [0.25, 0.3) is 5.91 Å². The number of hydrogen-bond acceptors (Lipinski definition) is 3. The molecule has 1 amide bonds. The van der Waals surface area contributed by atoms with Crippen LogP contribution in [0.25, 0.3) is 11.0 Å². The lowest BCUT2D eigenvalue weighted by atomic mass is 10.1. The zero-order chi connectivity index (χ0) is 16.5. The lowest BCUT2D eigenvalue weighted by Crippen LogP contribution is -2.36. The SMILES string of the molecule is CCn1c(=O)c(=O)[nH]c2cc(C(=O)NCC(F)(F)F)ccc21. The average molecular weight is 315 g/mol. The highest BCUT2D eigenvalue weighted by atomic mass is 19.4. The molecule has 9 heteroatoms. The minimum absolute atomic E-state index is 0.0475. The number of amides is 1. The van der Waals surface area contributed by atoms with E-state index in [-0.39, 0.29) is 17.6 Å². The molecule has 0 atom stereocenters. The third kappa shape index (κ3) is 3.18. The number of nitrogens with one attached hydrogen (secondary N) is 2. The van der Waals surface area contributed by atoms with Crippen molar-refractivity contribution < 1.29 is 18.0 Å². The van der Waals surface area contributed by atoms with Crippen molar-refractivity contribution >= 4 is 16.9 Å². The first-order chi connectivity index (χ1) is 10.2. The molecule has 0 bridgehead atoms. The van der Waals surface area contributed by atoms with E-state index in [4.69, 9.17) is 0 Å². The minimum Gasteiger partial charge on any atom is -0.343 e. The molecule has 22 heavy (non-hydrogen) atoms. The minimum atomic E-state index is -4.51. The van der Waals surface area contributed by atoms with E-state index in [2.05, 4.69) is 4.98 Å². The fourth-order valence-corrected chi connectivity index (χ4v) is 2.02. The number of fused-ring (bicyclic) bond motifs is 1. The van der Waals surface area contributed by atoms with Gasteiger partial charge in [-0.05, 0) is 25.1 Å². The predicted molar refractivity (Wildman–Crippen MR) is 72.9 cm³/mol. The van der Waals surface area contributed by atoms with Gasteiger partial charge >= 0.3 is 17.3 Å². The van der Waals surface area contributed by atoms with Crippen molar-refractivity contribution in [3.05, 3.63) is 44.5 Å². The van der Waals surface area contributed by atoms with Crippen molar-refractivity contribution in [2.75, 3.05) is 6.54 Å². The Bertz CT molecular complexity index is 836. The summed E-state index contributed by atoms with van der Waals surface area (Å²) < 4.78 is 37.5. The highest BCUT2D eigenvalue weighted by Gasteiger charge is 2.27. The Morgan fingerprint density at radius 1 is 1.32 bits per heavy atom. The van der Waals surface area contributed by atoms with Crippen LogP contribution >= 0.6 is 0 Å². The summed E-state index contributed by atoms with van der Waals surface area (Å²) in [6.45, 7) is 0.470. The molecule has 0 unspecified atom stereocenters. The van der Waals surface area contributed by atoms with Crippen LogP contribution in [0.1, 0.15) is 17.3 Å². The predicted octanol–water partition coefficient (Wildman–Crippen LogP) is 1.00. The number of carbonyl (C=O) groups excluding carboxylic acids is 1. The number of benzene rings is 1. The first kappa shape index (κ1) is 15.8. The number of aryl methyl sites for hydroxylation is 1. The molecular weight excluding hydrogens is 303 g/mol. The van der Waals surface area contributed by atoms with Crippen LogP contribution in [-0.4, -0.2) is 28.2 Å². The number of alkyl halides is 3. The summed E-state index contributed by atoms with van der Waals surface area (Å²) in [4.78, 5) is 37.2. The first-order valence-corrected chi connectivity index (χ1v) is 6.35. The molecule has 0 saturated heterocycles. The van der Waals surface area contributed by atoms with E-state index in [1.807, 2.05) is 0 Å². The number of aromatic nitrogens is 2. The van der Waals surface area contributed by atoms with Crippen molar-refractivity contribution in [1.82, 2.24) is 14.9 Å². The lowest BCUT2D eigenvalue weighted by molar-refractivity contribution is -0.123. The maximum atomic E-state index is 12.1. The number of aromatic amines is 1.